The van der Waals surface area contributed by atoms with Crippen molar-refractivity contribution >= 4 is 34.7 Å². The molecule has 1 unspecified atom stereocenters. The fraction of sp³-hybridized carbons (Fsp3) is 0.207. The van der Waals surface area contributed by atoms with E-state index in [0.29, 0.717) is 28.0 Å². The maximum Gasteiger partial charge on any atom is 0.267 e. The Kier molecular flexibility index (Phi) is 7.47. The van der Waals surface area contributed by atoms with Crippen molar-refractivity contribution in [1.82, 2.24) is 24.6 Å². The standard InChI is InChI=1S/C29H29N7O3/c1-6-17-31-26-23(24(30)34-35(26)5)27(37)32-18(2)25-33-21-14-10-11-19(15-16-29(3,4)39)22(21)28(38)36(25)20-12-8-7-9-13-20/h6-14,17-18,39H,1H2,2-5H3,(H2,30,34)(H,32,37)/b31-17-. The Morgan fingerprint density at radius 2 is 1.95 bits per heavy atom. The van der Waals surface area contributed by atoms with Gasteiger partial charge >= 0.3 is 0 Å². The maximum absolute atomic E-state index is 14.0. The number of para-hydroxylation sites is 1. The molecule has 2 aromatic heterocycles. The number of rotatable bonds is 6. The first-order valence-electron chi connectivity index (χ1n) is 12.2. The number of aromatic nitrogens is 4. The Bertz CT molecular complexity index is 1720. The second-order valence-corrected chi connectivity index (χ2v) is 9.37. The van der Waals surface area contributed by atoms with Crippen LogP contribution in [0.1, 0.15) is 48.6 Å². The van der Waals surface area contributed by atoms with Gasteiger partial charge in [0, 0.05) is 18.8 Å². The molecular weight excluding hydrogens is 494 g/mol. The number of anilines is 1. The molecular formula is C29H29N7O3. The number of nitrogens with one attached hydrogen (secondary N) is 1. The Hall–Kier alpha value is -5.01. The van der Waals surface area contributed by atoms with Crippen LogP contribution in [0.4, 0.5) is 11.6 Å². The second-order valence-electron chi connectivity index (χ2n) is 9.37. The SMILES string of the molecule is C=C/C=N\c1c(C(=O)NC(C)c2nc3cccc(C#CC(C)(C)O)c3c(=O)n2-c2ccccc2)c(N)nn1C. The summed E-state index contributed by atoms with van der Waals surface area (Å²) in [5.74, 6) is 5.73. The molecule has 2 heterocycles. The van der Waals surface area contributed by atoms with Gasteiger partial charge in [0.2, 0.25) is 0 Å². The van der Waals surface area contributed by atoms with Gasteiger partial charge in [-0.2, -0.15) is 5.10 Å². The third-order valence-corrected chi connectivity index (χ3v) is 5.75. The monoisotopic (exact) mass is 523 g/mol. The van der Waals surface area contributed by atoms with Crippen molar-refractivity contribution in [3.05, 3.63) is 88.5 Å². The van der Waals surface area contributed by atoms with Crippen LogP contribution in [0.3, 0.4) is 0 Å². The van der Waals surface area contributed by atoms with E-state index in [0.717, 1.165) is 0 Å². The molecule has 0 bridgehead atoms. The fourth-order valence-corrected chi connectivity index (χ4v) is 4.05. The Balaban J connectivity index is 1.88. The van der Waals surface area contributed by atoms with Crippen LogP contribution in [0.2, 0.25) is 0 Å². The van der Waals surface area contributed by atoms with E-state index in [1.54, 1.807) is 70.3 Å². The lowest BCUT2D eigenvalue weighted by molar-refractivity contribution is 0.0939. The predicted octanol–water partition coefficient (Wildman–Crippen LogP) is 3.20. The van der Waals surface area contributed by atoms with Gasteiger partial charge in [-0.25, -0.2) is 14.7 Å². The van der Waals surface area contributed by atoms with Gasteiger partial charge in [0.25, 0.3) is 11.5 Å². The summed E-state index contributed by atoms with van der Waals surface area (Å²) in [5, 5.41) is 17.4. The minimum Gasteiger partial charge on any atom is -0.381 e. The van der Waals surface area contributed by atoms with E-state index in [-0.39, 0.29) is 22.8 Å². The van der Waals surface area contributed by atoms with Gasteiger partial charge in [0.15, 0.2) is 11.6 Å². The molecule has 0 fully saturated rings. The first kappa shape index (κ1) is 27.0. The molecule has 39 heavy (non-hydrogen) atoms. The number of nitrogen functional groups attached to an aromatic ring is 1. The molecule has 0 spiro atoms. The van der Waals surface area contributed by atoms with Crippen LogP contribution >= 0.6 is 0 Å². The molecule has 0 aliphatic rings. The van der Waals surface area contributed by atoms with Gasteiger partial charge in [-0.1, -0.05) is 48.8 Å². The van der Waals surface area contributed by atoms with Crippen LogP contribution < -0.4 is 16.6 Å². The topological polar surface area (TPSA) is 140 Å². The molecule has 4 rings (SSSR count). The van der Waals surface area contributed by atoms with Gasteiger partial charge in [0.1, 0.15) is 17.0 Å². The van der Waals surface area contributed by atoms with E-state index < -0.39 is 17.6 Å². The normalized spacial score (nSPS) is 12.2. The number of benzene rings is 2. The Morgan fingerprint density at radius 1 is 1.23 bits per heavy atom. The highest BCUT2D eigenvalue weighted by Crippen LogP contribution is 2.26. The molecule has 0 aliphatic carbocycles. The van der Waals surface area contributed by atoms with Crippen molar-refractivity contribution in [2.24, 2.45) is 12.0 Å². The third-order valence-electron chi connectivity index (χ3n) is 5.75. The van der Waals surface area contributed by atoms with Crippen molar-refractivity contribution in [2.75, 3.05) is 5.73 Å². The van der Waals surface area contributed by atoms with Crippen molar-refractivity contribution in [3.63, 3.8) is 0 Å². The first-order valence-corrected chi connectivity index (χ1v) is 12.2. The molecule has 1 amide bonds. The van der Waals surface area contributed by atoms with Crippen molar-refractivity contribution in [3.8, 4) is 17.5 Å². The zero-order valence-corrected chi connectivity index (χ0v) is 22.1. The zero-order valence-electron chi connectivity index (χ0n) is 22.1. The number of nitrogens with two attached hydrogens (primary N) is 1. The van der Waals surface area contributed by atoms with Crippen molar-refractivity contribution in [2.45, 2.75) is 32.4 Å². The lowest BCUT2D eigenvalue weighted by Crippen LogP contribution is -2.33. The second kappa shape index (κ2) is 10.8. The molecule has 0 aliphatic heterocycles. The average Bonchev–Trinajstić information content (AvgIpc) is 3.18. The minimum atomic E-state index is -1.24. The maximum atomic E-state index is 14.0. The lowest BCUT2D eigenvalue weighted by atomic mass is 10.1. The van der Waals surface area contributed by atoms with Crippen LogP contribution in [0.5, 0.6) is 0 Å². The molecule has 0 saturated carbocycles. The van der Waals surface area contributed by atoms with Crippen molar-refractivity contribution < 1.29 is 9.90 Å². The highest BCUT2D eigenvalue weighted by molar-refractivity contribution is 6.03. The van der Waals surface area contributed by atoms with E-state index in [1.165, 1.54) is 21.5 Å². The van der Waals surface area contributed by atoms with Crippen molar-refractivity contribution in [1.29, 1.82) is 0 Å². The van der Waals surface area contributed by atoms with E-state index in [2.05, 4.69) is 33.8 Å². The number of aliphatic hydroxyl groups is 1. The quantitative estimate of drug-likeness (QED) is 0.262. The molecule has 0 saturated heterocycles. The van der Waals surface area contributed by atoms with Gasteiger partial charge in [0.05, 0.1) is 22.6 Å². The fourth-order valence-electron chi connectivity index (χ4n) is 4.05. The number of carbonyl (C=O) groups excluding carboxylic acids is 1. The average molecular weight is 524 g/mol. The number of fused-ring (bicyclic) bond motifs is 1. The smallest absolute Gasteiger partial charge is 0.267 e. The van der Waals surface area contributed by atoms with Crippen LogP contribution in [0, 0.1) is 11.8 Å². The summed E-state index contributed by atoms with van der Waals surface area (Å²) < 4.78 is 2.85. The highest BCUT2D eigenvalue weighted by atomic mass is 16.3. The Morgan fingerprint density at radius 3 is 2.62 bits per heavy atom. The number of aryl methyl sites for hydroxylation is 1. The number of hydrogen-bond donors (Lipinski definition) is 3. The summed E-state index contributed by atoms with van der Waals surface area (Å²) in [7, 11) is 1.63. The zero-order chi connectivity index (χ0) is 28.3. The summed E-state index contributed by atoms with van der Waals surface area (Å²) in [4.78, 5) is 36.4. The summed E-state index contributed by atoms with van der Waals surface area (Å²) in [5.41, 5.74) is 5.94. The molecule has 4 aromatic rings. The van der Waals surface area contributed by atoms with Gasteiger partial charge in [-0.15, -0.1) is 0 Å². The molecule has 2 aromatic carbocycles. The predicted molar refractivity (Wildman–Crippen MR) is 152 cm³/mol. The number of amides is 1. The molecule has 4 N–H and O–H groups in total. The first-order chi connectivity index (χ1) is 18.5. The number of nitrogens with zero attached hydrogens (tertiary/aromatic N) is 5. The number of hydrogen-bond acceptors (Lipinski definition) is 7. The van der Waals surface area contributed by atoms with Crippen LogP contribution in [0.15, 0.2) is 71.0 Å². The summed E-state index contributed by atoms with van der Waals surface area (Å²) in [6, 6.07) is 13.4. The van der Waals surface area contributed by atoms with E-state index >= 15 is 0 Å². The Labute approximate surface area is 225 Å². The van der Waals surface area contributed by atoms with Crippen LogP contribution in [-0.4, -0.2) is 42.2 Å². The highest BCUT2D eigenvalue weighted by Gasteiger charge is 2.25. The van der Waals surface area contributed by atoms with Gasteiger partial charge < -0.3 is 16.2 Å². The number of allylic oxidation sites excluding steroid dienone is 1. The van der Waals surface area contributed by atoms with Crippen LogP contribution in [0.25, 0.3) is 16.6 Å². The molecule has 1 atom stereocenters. The molecule has 0 radical (unpaired) electrons. The summed E-state index contributed by atoms with van der Waals surface area (Å²) >= 11 is 0. The largest absolute Gasteiger partial charge is 0.381 e. The van der Waals surface area contributed by atoms with Crippen LogP contribution in [-0.2, 0) is 7.05 Å². The summed E-state index contributed by atoms with van der Waals surface area (Å²) in [6.45, 7) is 8.46. The van der Waals surface area contributed by atoms with E-state index in [1.807, 2.05) is 6.07 Å². The molecule has 10 heteroatoms. The minimum absolute atomic E-state index is 0.0142. The third kappa shape index (κ3) is 5.63. The lowest BCUT2D eigenvalue weighted by Gasteiger charge is -2.20. The number of aliphatic imine (C=N–C) groups is 1. The number of carbonyl (C=O) groups is 1. The van der Waals surface area contributed by atoms with Gasteiger partial charge in [-0.05, 0) is 45.0 Å². The van der Waals surface area contributed by atoms with E-state index in [4.69, 9.17) is 10.7 Å². The summed E-state index contributed by atoms with van der Waals surface area (Å²) in [6.07, 6.45) is 2.91. The van der Waals surface area contributed by atoms with E-state index in [9.17, 15) is 14.7 Å². The van der Waals surface area contributed by atoms with Gasteiger partial charge in [-0.3, -0.25) is 14.2 Å². The molecule has 198 valence electrons. The molecule has 10 nitrogen and oxygen atoms in total.